The van der Waals surface area contributed by atoms with Crippen LogP contribution in [0.4, 0.5) is 5.69 Å². The summed E-state index contributed by atoms with van der Waals surface area (Å²) in [6.45, 7) is 0.259. The minimum atomic E-state index is -0.814. The fourth-order valence-corrected chi connectivity index (χ4v) is 2.27. The van der Waals surface area contributed by atoms with Crippen molar-refractivity contribution < 1.29 is 9.59 Å². The van der Waals surface area contributed by atoms with Crippen molar-refractivity contribution >= 4 is 52.3 Å². The number of halogens is 3. The van der Waals surface area contributed by atoms with E-state index in [9.17, 15) is 9.59 Å². The third-order valence-corrected chi connectivity index (χ3v) is 3.94. The second kappa shape index (κ2) is 7.49. The summed E-state index contributed by atoms with van der Waals surface area (Å²) in [4.78, 5) is 23.5. The summed E-state index contributed by atoms with van der Waals surface area (Å²) < 4.78 is 0. The molecule has 0 saturated heterocycles. The van der Waals surface area contributed by atoms with Crippen LogP contribution in [-0.2, 0) is 16.1 Å². The summed E-state index contributed by atoms with van der Waals surface area (Å²) in [6, 6.07) is 12.1. The topological polar surface area (TPSA) is 58.2 Å². The van der Waals surface area contributed by atoms with Crippen molar-refractivity contribution in [3.8, 4) is 0 Å². The highest BCUT2D eigenvalue weighted by Crippen LogP contribution is 2.33. The Morgan fingerprint density at radius 2 is 1.50 bits per heavy atom. The molecule has 7 heteroatoms. The molecule has 0 aromatic heterocycles. The van der Waals surface area contributed by atoms with Crippen molar-refractivity contribution in [3.63, 3.8) is 0 Å². The van der Waals surface area contributed by atoms with Gasteiger partial charge in [0, 0.05) is 12.2 Å². The van der Waals surface area contributed by atoms with E-state index in [2.05, 4.69) is 10.6 Å². The standard InChI is InChI=1S/C15H11Cl3N2O2/c16-11-6-10(7-12(17)13(11)18)20-15(22)14(21)19-8-9-4-2-1-3-5-9/h1-7H,8H2,(H,19,21)(H,20,22). The van der Waals surface area contributed by atoms with Crippen LogP contribution in [0.2, 0.25) is 15.1 Å². The first-order chi connectivity index (χ1) is 10.5. The summed E-state index contributed by atoms with van der Waals surface area (Å²) >= 11 is 17.5. The van der Waals surface area contributed by atoms with E-state index in [-0.39, 0.29) is 21.6 Å². The van der Waals surface area contributed by atoms with Gasteiger partial charge in [-0.3, -0.25) is 9.59 Å². The van der Waals surface area contributed by atoms with Crippen molar-refractivity contribution in [2.45, 2.75) is 6.54 Å². The van der Waals surface area contributed by atoms with E-state index in [1.54, 1.807) is 0 Å². The molecule has 0 aliphatic heterocycles. The molecule has 4 nitrogen and oxygen atoms in total. The van der Waals surface area contributed by atoms with Gasteiger partial charge in [0.25, 0.3) is 0 Å². The average Bonchev–Trinajstić information content (AvgIpc) is 2.51. The van der Waals surface area contributed by atoms with Crippen LogP contribution >= 0.6 is 34.8 Å². The molecule has 2 aromatic rings. The first kappa shape index (κ1) is 16.6. The maximum atomic E-state index is 11.8. The number of benzene rings is 2. The Kier molecular flexibility index (Phi) is 5.66. The van der Waals surface area contributed by atoms with Gasteiger partial charge in [-0.15, -0.1) is 0 Å². The van der Waals surface area contributed by atoms with Gasteiger partial charge in [0.1, 0.15) is 0 Å². The van der Waals surface area contributed by atoms with Gasteiger partial charge in [0.15, 0.2) is 0 Å². The second-order valence-electron chi connectivity index (χ2n) is 4.38. The lowest BCUT2D eigenvalue weighted by Gasteiger charge is -2.08. The molecule has 0 radical (unpaired) electrons. The van der Waals surface area contributed by atoms with Crippen LogP contribution in [-0.4, -0.2) is 11.8 Å². The van der Waals surface area contributed by atoms with Gasteiger partial charge in [0.05, 0.1) is 15.1 Å². The van der Waals surface area contributed by atoms with Gasteiger partial charge in [0.2, 0.25) is 0 Å². The summed E-state index contributed by atoms with van der Waals surface area (Å²) in [5, 5.41) is 5.49. The number of amides is 2. The molecule has 114 valence electrons. The third-order valence-electron chi connectivity index (χ3n) is 2.74. The van der Waals surface area contributed by atoms with E-state index in [1.165, 1.54) is 12.1 Å². The quantitative estimate of drug-likeness (QED) is 0.646. The highest BCUT2D eigenvalue weighted by Gasteiger charge is 2.15. The van der Waals surface area contributed by atoms with Gasteiger partial charge < -0.3 is 10.6 Å². The molecule has 2 rings (SSSR count). The highest BCUT2D eigenvalue weighted by molar-refractivity contribution is 6.48. The van der Waals surface area contributed by atoms with Crippen molar-refractivity contribution in [1.29, 1.82) is 0 Å². The number of carbonyl (C=O) groups excluding carboxylic acids is 2. The molecular formula is C15H11Cl3N2O2. The maximum Gasteiger partial charge on any atom is 0.313 e. The summed E-state index contributed by atoms with van der Waals surface area (Å²) in [6.07, 6.45) is 0. The zero-order valence-electron chi connectivity index (χ0n) is 11.2. The van der Waals surface area contributed by atoms with Gasteiger partial charge >= 0.3 is 11.8 Å². The first-order valence-corrected chi connectivity index (χ1v) is 7.38. The number of hydrogen-bond donors (Lipinski definition) is 2. The number of nitrogens with one attached hydrogen (secondary N) is 2. The molecule has 22 heavy (non-hydrogen) atoms. The molecule has 2 N–H and O–H groups in total. The summed E-state index contributed by atoms with van der Waals surface area (Å²) in [7, 11) is 0. The Bertz CT molecular complexity index is 682. The van der Waals surface area contributed by atoms with E-state index >= 15 is 0 Å². The van der Waals surface area contributed by atoms with E-state index in [1.807, 2.05) is 30.3 Å². The lowest BCUT2D eigenvalue weighted by Crippen LogP contribution is -2.34. The van der Waals surface area contributed by atoms with Crippen LogP contribution in [0.3, 0.4) is 0 Å². The predicted octanol–water partition coefficient (Wildman–Crippen LogP) is 3.90. The zero-order valence-corrected chi connectivity index (χ0v) is 13.5. The van der Waals surface area contributed by atoms with Crippen LogP contribution in [0.25, 0.3) is 0 Å². The molecule has 0 bridgehead atoms. The van der Waals surface area contributed by atoms with E-state index in [0.717, 1.165) is 5.56 Å². The average molecular weight is 358 g/mol. The molecule has 0 atom stereocenters. The molecule has 2 aromatic carbocycles. The fraction of sp³-hybridized carbons (Fsp3) is 0.0667. The van der Waals surface area contributed by atoms with Gasteiger partial charge in [-0.1, -0.05) is 65.1 Å². The summed E-state index contributed by atoms with van der Waals surface area (Å²) in [5.41, 5.74) is 1.18. The lowest BCUT2D eigenvalue weighted by atomic mass is 10.2. The molecule has 0 unspecified atom stereocenters. The maximum absolute atomic E-state index is 11.8. The Morgan fingerprint density at radius 1 is 0.909 bits per heavy atom. The SMILES string of the molecule is O=C(NCc1ccccc1)C(=O)Nc1cc(Cl)c(Cl)c(Cl)c1. The highest BCUT2D eigenvalue weighted by atomic mass is 35.5. The zero-order chi connectivity index (χ0) is 16.1. The Hall–Kier alpha value is -1.75. The fourth-order valence-electron chi connectivity index (χ4n) is 1.67. The molecule has 0 spiro atoms. The van der Waals surface area contributed by atoms with Crippen molar-refractivity contribution in [1.82, 2.24) is 5.32 Å². The Morgan fingerprint density at radius 3 is 2.09 bits per heavy atom. The molecule has 0 saturated carbocycles. The molecule has 2 amide bonds. The first-order valence-electron chi connectivity index (χ1n) is 6.25. The molecule has 0 heterocycles. The second-order valence-corrected chi connectivity index (χ2v) is 5.57. The number of anilines is 1. The largest absolute Gasteiger partial charge is 0.344 e. The number of carbonyl (C=O) groups is 2. The van der Waals surface area contributed by atoms with E-state index in [4.69, 9.17) is 34.8 Å². The lowest BCUT2D eigenvalue weighted by molar-refractivity contribution is -0.136. The van der Waals surface area contributed by atoms with Crippen LogP contribution in [0, 0.1) is 0 Å². The minimum Gasteiger partial charge on any atom is -0.344 e. The number of hydrogen-bond acceptors (Lipinski definition) is 2. The number of rotatable bonds is 3. The van der Waals surface area contributed by atoms with Gasteiger partial charge in [-0.2, -0.15) is 0 Å². The van der Waals surface area contributed by atoms with E-state index < -0.39 is 11.8 Å². The van der Waals surface area contributed by atoms with Crippen molar-refractivity contribution in [3.05, 3.63) is 63.1 Å². The van der Waals surface area contributed by atoms with Gasteiger partial charge in [-0.05, 0) is 17.7 Å². The monoisotopic (exact) mass is 356 g/mol. The Balaban J connectivity index is 1.95. The van der Waals surface area contributed by atoms with Gasteiger partial charge in [-0.25, -0.2) is 0 Å². The molecule has 0 aliphatic carbocycles. The van der Waals surface area contributed by atoms with Crippen LogP contribution < -0.4 is 10.6 Å². The van der Waals surface area contributed by atoms with Crippen LogP contribution in [0.1, 0.15) is 5.56 Å². The molecule has 0 fully saturated rings. The third kappa shape index (κ3) is 4.37. The van der Waals surface area contributed by atoms with Crippen LogP contribution in [0.15, 0.2) is 42.5 Å². The van der Waals surface area contributed by atoms with Crippen molar-refractivity contribution in [2.24, 2.45) is 0 Å². The smallest absolute Gasteiger partial charge is 0.313 e. The Labute approximate surface area is 142 Å². The molecule has 0 aliphatic rings. The molecular weight excluding hydrogens is 347 g/mol. The minimum absolute atomic E-state index is 0.189. The van der Waals surface area contributed by atoms with Crippen molar-refractivity contribution in [2.75, 3.05) is 5.32 Å². The van der Waals surface area contributed by atoms with Crippen LogP contribution in [0.5, 0.6) is 0 Å². The predicted molar refractivity (Wildman–Crippen MR) is 88.4 cm³/mol. The summed E-state index contributed by atoms with van der Waals surface area (Å²) in [5.74, 6) is -1.57. The normalized spacial score (nSPS) is 10.1. The van der Waals surface area contributed by atoms with E-state index in [0.29, 0.717) is 5.69 Å².